The van der Waals surface area contributed by atoms with E-state index in [0.717, 1.165) is 18.0 Å². The van der Waals surface area contributed by atoms with Gasteiger partial charge in [0.25, 0.3) is 0 Å². The van der Waals surface area contributed by atoms with Crippen LogP contribution in [0.2, 0.25) is 0 Å². The van der Waals surface area contributed by atoms with E-state index in [1.54, 1.807) is 12.1 Å². The number of nitrogens with zero attached hydrogens (tertiary/aromatic N) is 1. The molecule has 4 heteroatoms. The van der Waals surface area contributed by atoms with Crippen LogP contribution in [0, 0.1) is 0 Å². The second-order valence-electron chi connectivity index (χ2n) is 4.60. The van der Waals surface area contributed by atoms with Gasteiger partial charge in [0.05, 0.1) is 9.88 Å². The van der Waals surface area contributed by atoms with Crippen LogP contribution in [0.15, 0.2) is 42.5 Å². The number of thiophene rings is 1. The molecule has 0 aliphatic rings. The maximum atomic E-state index is 11.9. The van der Waals surface area contributed by atoms with Gasteiger partial charge in [0.15, 0.2) is 5.78 Å². The molecule has 0 saturated heterocycles. The van der Waals surface area contributed by atoms with E-state index in [0.29, 0.717) is 11.4 Å². The SMILES string of the molecule is CN(CCC(=O)c1ccc(N)s1)Cc1ccccc1. The summed E-state index contributed by atoms with van der Waals surface area (Å²) in [5.41, 5.74) is 6.89. The molecule has 1 aromatic carbocycles. The van der Waals surface area contributed by atoms with Gasteiger partial charge in [0, 0.05) is 19.5 Å². The Kier molecular flexibility index (Phi) is 4.71. The maximum Gasteiger partial charge on any atom is 0.174 e. The van der Waals surface area contributed by atoms with Crippen molar-refractivity contribution in [2.75, 3.05) is 19.3 Å². The van der Waals surface area contributed by atoms with E-state index in [1.165, 1.54) is 16.9 Å². The number of Topliss-reactive ketones (excluding diaryl/α,β-unsaturated/α-hetero) is 1. The molecule has 0 aliphatic heterocycles. The lowest BCUT2D eigenvalue weighted by atomic mass is 10.2. The molecule has 0 radical (unpaired) electrons. The summed E-state index contributed by atoms with van der Waals surface area (Å²) in [7, 11) is 2.03. The number of benzene rings is 1. The Morgan fingerprint density at radius 1 is 1.21 bits per heavy atom. The van der Waals surface area contributed by atoms with Crippen LogP contribution in [0.5, 0.6) is 0 Å². The molecule has 100 valence electrons. The van der Waals surface area contributed by atoms with Crippen molar-refractivity contribution in [3.05, 3.63) is 52.9 Å². The molecule has 0 atom stereocenters. The number of carbonyl (C=O) groups excluding carboxylic acids is 1. The number of ketones is 1. The molecular formula is C15H18N2OS. The third-order valence-corrected chi connectivity index (χ3v) is 3.87. The van der Waals surface area contributed by atoms with E-state index in [9.17, 15) is 4.79 Å². The summed E-state index contributed by atoms with van der Waals surface area (Å²) < 4.78 is 0. The molecule has 2 N–H and O–H groups in total. The fourth-order valence-electron chi connectivity index (χ4n) is 1.89. The Labute approximate surface area is 117 Å². The lowest BCUT2D eigenvalue weighted by Gasteiger charge is -2.15. The van der Waals surface area contributed by atoms with Crippen LogP contribution in [0.4, 0.5) is 5.00 Å². The summed E-state index contributed by atoms with van der Waals surface area (Å²) in [4.78, 5) is 14.9. The van der Waals surface area contributed by atoms with E-state index in [4.69, 9.17) is 5.73 Å². The standard InChI is InChI=1S/C15H18N2OS/c1-17(11-12-5-3-2-4-6-12)10-9-13(18)14-7-8-15(16)19-14/h2-8H,9-11,16H2,1H3. The Morgan fingerprint density at radius 2 is 1.95 bits per heavy atom. The number of nitrogen functional groups attached to an aromatic ring is 1. The van der Waals surface area contributed by atoms with Gasteiger partial charge in [-0.05, 0) is 24.7 Å². The molecule has 1 aromatic heterocycles. The number of rotatable bonds is 6. The molecule has 2 aromatic rings. The first kappa shape index (κ1) is 13.8. The third kappa shape index (κ3) is 4.19. The van der Waals surface area contributed by atoms with Crippen molar-refractivity contribution >= 4 is 22.1 Å². The zero-order valence-electron chi connectivity index (χ0n) is 11.0. The fourth-order valence-corrected chi connectivity index (χ4v) is 2.63. The molecule has 0 aliphatic carbocycles. The van der Waals surface area contributed by atoms with Crippen molar-refractivity contribution < 1.29 is 4.79 Å². The monoisotopic (exact) mass is 274 g/mol. The molecule has 0 spiro atoms. The molecule has 3 nitrogen and oxygen atoms in total. The summed E-state index contributed by atoms with van der Waals surface area (Å²) in [6, 6.07) is 13.8. The van der Waals surface area contributed by atoms with Crippen LogP contribution in [0.25, 0.3) is 0 Å². The van der Waals surface area contributed by atoms with Crippen LogP contribution in [-0.2, 0) is 6.54 Å². The van der Waals surface area contributed by atoms with Gasteiger partial charge in [-0.15, -0.1) is 11.3 Å². The summed E-state index contributed by atoms with van der Waals surface area (Å²) >= 11 is 1.36. The van der Waals surface area contributed by atoms with E-state index < -0.39 is 0 Å². The molecular weight excluding hydrogens is 256 g/mol. The average molecular weight is 274 g/mol. The van der Waals surface area contributed by atoms with Gasteiger partial charge in [-0.1, -0.05) is 30.3 Å². The number of carbonyl (C=O) groups is 1. The van der Waals surface area contributed by atoms with Crippen molar-refractivity contribution in [3.8, 4) is 0 Å². The van der Waals surface area contributed by atoms with Gasteiger partial charge < -0.3 is 10.6 Å². The van der Waals surface area contributed by atoms with Gasteiger partial charge in [-0.25, -0.2) is 0 Å². The second-order valence-corrected chi connectivity index (χ2v) is 5.71. The van der Waals surface area contributed by atoms with E-state index in [1.807, 2.05) is 25.2 Å². The highest BCUT2D eigenvalue weighted by atomic mass is 32.1. The first-order valence-corrected chi connectivity index (χ1v) is 7.08. The van der Waals surface area contributed by atoms with Gasteiger partial charge in [-0.2, -0.15) is 0 Å². The van der Waals surface area contributed by atoms with Crippen LogP contribution in [0.3, 0.4) is 0 Å². The number of anilines is 1. The topological polar surface area (TPSA) is 46.3 Å². The zero-order valence-corrected chi connectivity index (χ0v) is 11.8. The zero-order chi connectivity index (χ0) is 13.7. The Balaban J connectivity index is 1.80. The molecule has 0 bridgehead atoms. The molecule has 0 saturated carbocycles. The quantitative estimate of drug-likeness (QED) is 0.824. The van der Waals surface area contributed by atoms with Crippen LogP contribution in [0.1, 0.15) is 21.7 Å². The van der Waals surface area contributed by atoms with Gasteiger partial charge >= 0.3 is 0 Å². The fraction of sp³-hybridized carbons (Fsp3) is 0.267. The lowest BCUT2D eigenvalue weighted by Crippen LogP contribution is -2.21. The van der Waals surface area contributed by atoms with Crippen molar-refractivity contribution in [1.29, 1.82) is 0 Å². The maximum absolute atomic E-state index is 11.9. The highest BCUT2D eigenvalue weighted by Crippen LogP contribution is 2.19. The smallest absolute Gasteiger partial charge is 0.174 e. The lowest BCUT2D eigenvalue weighted by molar-refractivity contribution is 0.0972. The van der Waals surface area contributed by atoms with Crippen molar-refractivity contribution in [1.82, 2.24) is 4.90 Å². The minimum Gasteiger partial charge on any atom is -0.391 e. The molecule has 2 rings (SSSR count). The normalized spacial score (nSPS) is 10.8. The first-order valence-electron chi connectivity index (χ1n) is 6.26. The Morgan fingerprint density at radius 3 is 2.58 bits per heavy atom. The predicted molar refractivity (Wildman–Crippen MR) is 80.5 cm³/mol. The van der Waals surface area contributed by atoms with E-state index >= 15 is 0 Å². The second kappa shape index (κ2) is 6.50. The third-order valence-electron chi connectivity index (χ3n) is 2.92. The summed E-state index contributed by atoms with van der Waals surface area (Å²) in [5, 5.41) is 0.695. The summed E-state index contributed by atoms with van der Waals surface area (Å²) in [5.74, 6) is 0.168. The summed E-state index contributed by atoms with van der Waals surface area (Å²) in [6.07, 6.45) is 0.531. The highest BCUT2D eigenvalue weighted by Gasteiger charge is 2.09. The molecule has 0 amide bonds. The molecule has 19 heavy (non-hydrogen) atoms. The van der Waals surface area contributed by atoms with Crippen LogP contribution < -0.4 is 5.73 Å². The minimum atomic E-state index is 0.168. The van der Waals surface area contributed by atoms with Gasteiger partial charge in [0.2, 0.25) is 0 Å². The summed E-state index contributed by atoms with van der Waals surface area (Å²) in [6.45, 7) is 1.62. The predicted octanol–water partition coefficient (Wildman–Crippen LogP) is 3.04. The van der Waals surface area contributed by atoms with E-state index in [-0.39, 0.29) is 5.78 Å². The van der Waals surface area contributed by atoms with Crippen LogP contribution in [-0.4, -0.2) is 24.3 Å². The van der Waals surface area contributed by atoms with Gasteiger partial charge in [0.1, 0.15) is 0 Å². The molecule has 0 unspecified atom stereocenters. The first-order chi connectivity index (χ1) is 9.15. The van der Waals surface area contributed by atoms with Crippen LogP contribution >= 0.6 is 11.3 Å². The largest absolute Gasteiger partial charge is 0.391 e. The number of hydrogen-bond acceptors (Lipinski definition) is 4. The van der Waals surface area contributed by atoms with Crippen molar-refractivity contribution in [3.63, 3.8) is 0 Å². The Hall–Kier alpha value is -1.65. The van der Waals surface area contributed by atoms with Gasteiger partial charge in [-0.3, -0.25) is 4.79 Å². The molecule has 1 heterocycles. The minimum absolute atomic E-state index is 0.168. The Bertz CT molecular complexity index is 536. The average Bonchev–Trinajstić information content (AvgIpc) is 2.84. The van der Waals surface area contributed by atoms with Crippen molar-refractivity contribution in [2.45, 2.75) is 13.0 Å². The molecule has 0 fully saturated rings. The number of nitrogens with two attached hydrogens (primary N) is 1. The highest BCUT2D eigenvalue weighted by molar-refractivity contribution is 7.17. The van der Waals surface area contributed by atoms with Crippen molar-refractivity contribution in [2.24, 2.45) is 0 Å². The van der Waals surface area contributed by atoms with E-state index in [2.05, 4.69) is 17.0 Å². The number of hydrogen-bond donors (Lipinski definition) is 1.